The topological polar surface area (TPSA) is 32.5 Å². The van der Waals surface area contributed by atoms with Crippen LogP contribution >= 0.6 is 0 Å². The Balaban J connectivity index is 1.67. The molecule has 1 saturated carbocycles. The third-order valence-corrected chi connectivity index (χ3v) is 4.83. The summed E-state index contributed by atoms with van der Waals surface area (Å²) in [6.45, 7) is 3.82. The minimum absolute atomic E-state index is 0.428. The first-order chi connectivity index (χ1) is 8.16. The molecule has 0 amide bonds. The highest BCUT2D eigenvalue weighted by Crippen LogP contribution is 2.24. The van der Waals surface area contributed by atoms with Gasteiger partial charge < -0.3 is 15.5 Å². The lowest BCUT2D eigenvalue weighted by Crippen LogP contribution is -2.43. The van der Waals surface area contributed by atoms with Gasteiger partial charge in [0, 0.05) is 12.1 Å². The summed E-state index contributed by atoms with van der Waals surface area (Å²) in [6.07, 6.45) is 8.01. The van der Waals surface area contributed by atoms with Crippen LogP contribution in [0.5, 0.6) is 0 Å². The van der Waals surface area contributed by atoms with Crippen molar-refractivity contribution in [3.8, 4) is 0 Å². The fourth-order valence-corrected chi connectivity index (χ4v) is 3.42. The zero-order chi connectivity index (χ0) is 12.3. The van der Waals surface area contributed by atoms with Crippen LogP contribution in [0.15, 0.2) is 0 Å². The van der Waals surface area contributed by atoms with Crippen molar-refractivity contribution in [2.24, 2.45) is 11.7 Å². The monoisotopic (exact) mass is 239 g/mol. The molecule has 17 heavy (non-hydrogen) atoms. The molecular formula is C14H29N3. The number of likely N-dealkylation sites (N-methyl/N-ethyl adjacent to an activating group) is 1. The van der Waals surface area contributed by atoms with E-state index < -0.39 is 0 Å². The first kappa shape index (κ1) is 13.3. The average Bonchev–Trinajstić information content (AvgIpc) is 2.74. The van der Waals surface area contributed by atoms with Crippen molar-refractivity contribution in [1.29, 1.82) is 0 Å². The van der Waals surface area contributed by atoms with Crippen molar-refractivity contribution >= 4 is 0 Å². The molecule has 3 heteroatoms. The predicted octanol–water partition coefficient (Wildman–Crippen LogP) is 1.53. The molecule has 1 heterocycles. The van der Waals surface area contributed by atoms with Crippen molar-refractivity contribution in [3.63, 3.8) is 0 Å². The van der Waals surface area contributed by atoms with Crippen LogP contribution in [0.3, 0.4) is 0 Å². The summed E-state index contributed by atoms with van der Waals surface area (Å²) in [5.41, 5.74) is 6.16. The highest BCUT2D eigenvalue weighted by Gasteiger charge is 2.27. The van der Waals surface area contributed by atoms with E-state index in [4.69, 9.17) is 5.73 Å². The molecule has 3 nitrogen and oxygen atoms in total. The van der Waals surface area contributed by atoms with Gasteiger partial charge in [-0.25, -0.2) is 0 Å². The second-order valence-corrected chi connectivity index (χ2v) is 6.18. The predicted molar refractivity (Wildman–Crippen MR) is 73.1 cm³/mol. The second-order valence-electron chi connectivity index (χ2n) is 6.18. The molecule has 0 radical (unpaired) electrons. The van der Waals surface area contributed by atoms with E-state index in [-0.39, 0.29) is 0 Å². The Hall–Kier alpha value is -0.120. The summed E-state index contributed by atoms with van der Waals surface area (Å²) in [4.78, 5) is 4.98. The smallest absolute Gasteiger partial charge is 0.0244 e. The molecule has 1 saturated heterocycles. The first-order valence-electron chi connectivity index (χ1n) is 7.31. The Kier molecular flexibility index (Phi) is 4.83. The van der Waals surface area contributed by atoms with Crippen LogP contribution in [0.4, 0.5) is 0 Å². The Morgan fingerprint density at radius 1 is 1.18 bits per heavy atom. The summed E-state index contributed by atoms with van der Waals surface area (Å²) in [7, 11) is 4.50. The number of rotatable bonds is 4. The zero-order valence-electron chi connectivity index (χ0n) is 11.6. The summed E-state index contributed by atoms with van der Waals surface area (Å²) in [5.74, 6) is 0.950. The van der Waals surface area contributed by atoms with Gasteiger partial charge in [0.2, 0.25) is 0 Å². The van der Waals surface area contributed by atoms with E-state index in [0.29, 0.717) is 12.1 Å². The largest absolute Gasteiger partial charge is 0.326 e. The summed E-state index contributed by atoms with van der Waals surface area (Å²) in [6, 6.07) is 1.08. The fourth-order valence-electron chi connectivity index (χ4n) is 3.42. The standard InChI is InChI=1S/C14H29N3/c1-16-9-6-12(7-10-16)8-11-17(2)14-5-3-4-13(14)15/h12-14H,3-11,15H2,1-2H3. The molecule has 1 aliphatic heterocycles. The number of hydrogen-bond acceptors (Lipinski definition) is 3. The van der Waals surface area contributed by atoms with E-state index in [1.807, 2.05) is 0 Å². The van der Waals surface area contributed by atoms with E-state index in [2.05, 4.69) is 23.9 Å². The van der Waals surface area contributed by atoms with Crippen molar-refractivity contribution in [3.05, 3.63) is 0 Å². The van der Waals surface area contributed by atoms with Gasteiger partial charge in [-0.2, -0.15) is 0 Å². The lowest BCUT2D eigenvalue weighted by molar-refractivity contribution is 0.173. The number of hydrogen-bond donors (Lipinski definition) is 1. The van der Waals surface area contributed by atoms with Crippen molar-refractivity contribution in [1.82, 2.24) is 9.80 Å². The van der Waals surface area contributed by atoms with E-state index in [1.165, 1.54) is 58.2 Å². The molecule has 2 rings (SSSR count). The first-order valence-corrected chi connectivity index (χ1v) is 7.31. The lowest BCUT2D eigenvalue weighted by Gasteiger charge is -2.32. The number of nitrogens with two attached hydrogens (primary N) is 1. The Morgan fingerprint density at radius 3 is 2.47 bits per heavy atom. The SMILES string of the molecule is CN1CCC(CCN(C)C2CCCC2N)CC1. The van der Waals surface area contributed by atoms with Gasteiger partial charge >= 0.3 is 0 Å². The number of piperidine rings is 1. The molecule has 2 aliphatic rings. The van der Waals surface area contributed by atoms with Crippen LogP contribution in [0.1, 0.15) is 38.5 Å². The van der Waals surface area contributed by atoms with E-state index in [9.17, 15) is 0 Å². The van der Waals surface area contributed by atoms with Crippen LogP contribution in [0, 0.1) is 5.92 Å². The summed E-state index contributed by atoms with van der Waals surface area (Å²) >= 11 is 0. The number of nitrogens with zero attached hydrogens (tertiary/aromatic N) is 2. The van der Waals surface area contributed by atoms with Gasteiger partial charge in [-0.15, -0.1) is 0 Å². The average molecular weight is 239 g/mol. The minimum atomic E-state index is 0.428. The highest BCUT2D eigenvalue weighted by atomic mass is 15.1. The van der Waals surface area contributed by atoms with Gasteiger partial charge in [0.05, 0.1) is 0 Å². The highest BCUT2D eigenvalue weighted by molar-refractivity contribution is 4.87. The maximum absolute atomic E-state index is 6.16. The van der Waals surface area contributed by atoms with E-state index in [1.54, 1.807) is 0 Å². The second kappa shape index (κ2) is 6.17. The molecule has 2 fully saturated rings. The third-order valence-electron chi connectivity index (χ3n) is 4.83. The zero-order valence-corrected chi connectivity index (χ0v) is 11.6. The maximum Gasteiger partial charge on any atom is 0.0244 e. The number of likely N-dealkylation sites (tertiary alicyclic amines) is 1. The van der Waals surface area contributed by atoms with Gasteiger partial charge in [0.15, 0.2) is 0 Å². The molecule has 0 aromatic heterocycles. The molecule has 2 atom stereocenters. The molecule has 100 valence electrons. The van der Waals surface area contributed by atoms with Crippen LogP contribution < -0.4 is 5.73 Å². The van der Waals surface area contributed by atoms with Gasteiger partial charge in [0.1, 0.15) is 0 Å². The summed E-state index contributed by atoms with van der Waals surface area (Å²) in [5, 5.41) is 0. The molecule has 0 bridgehead atoms. The normalized spacial score (nSPS) is 32.5. The van der Waals surface area contributed by atoms with Gasteiger partial charge in [0.25, 0.3) is 0 Å². The Morgan fingerprint density at radius 2 is 1.88 bits per heavy atom. The third kappa shape index (κ3) is 3.67. The van der Waals surface area contributed by atoms with Crippen LogP contribution in [-0.2, 0) is 0 Å². The van der Waals surface area contributed by atoms with Crippen LogP contribution in [0.25, 0.3) is 0 Å². The van der Waals surface area contributed by atoms with Gasteiger partial charge in [-0.3, -0.25) is 0 Å². The quantitative estimate of drug-likeness (QED) is 0.807. The molecule has 2 unspecified atom stereocenters. The van der Waals surface area contributed by atoms with Gasteiger partial charge in [-0.1, -0.05) is 6.42 Å². The minimum Gasteiger partial charge on any atom is -0.326 e. The van der Waals surface area contributed by atoms with Crippen molar-refractivity contribution in [2.45, 2.75) is 50.6 Å². The fraction of sp³-hybridized carbons (Fsp3) is 1.00. The molecule has 0 aromatic carbocycles. The molecule has 0 aromatic rings. The van der Waals surface area contributed by atoms with E-state index >= 15 is 0 Å². The van der Waals surface area contributed by atoms with Crippen LogP contribution in [-0.4, -0.2) is 55.6 Å². The molecule has 2 N–H and O–H groups in total. The Bertz CT molecular complexity index is 224. The maximum atomic E-state index is 6.16. The van der Waals surface area contributed by atoms with Crippen molar-refractivity contribution < 1.29 is 0 Å². The molecular weight excluding hydrogens is 210 g/mol. The lowest BCUT2D eigenvalue weighted by atomic mass is 9.93. The van der Waals surface area contributed by atoms with Crippen molar-refractivity contribution in [2.75, 3.05) is 33.7 Å². The Labute approximate surface area is 106 Å². The molecule has 1 aliphatic carbocycles. The van der Waals surface area contributed by atoms with Gasteiger partial charge in [-0.05, 0) is 71.8 Å². The molecule has 0 spiro atoms. The van der Waals surface area contributed by atoms with E-state index in [0.717, 1.165) is 5.92 Å². The van der Waals surface area contributed by atoms with Crippen LogP contribution in [0.2, 0.25) is 0 Å². The summed E-state index contributed by atoms with van der Waals surface area (Å²) < 4.78 is 0.